The summed E-state index contributed by atoms with van der Waals surface area (Å²) in [6, 6.07) is 16.3. The van der Waals surface area contributed by atoms with Crippen LogP contribution in [-0.2, 0) is 6.54 Å². The normalized spacial score (nSPS) is 10.8. The predicted molar refractivity (Wildman–Crippen MR) is 87.7 cm³/mol. The summed E-state index contributed by atoms with van der Waals surface area (Å²) in [4.78, 5) is 4.56. The number of aryl methyl sites for hydroxylation is 2. The molecule has 0 aliphatic carbocycles. The molecule has 1 heterocycles. The molecular weight excluding hydrogens is 280 g/mol. The van der Waals surface area contributed by atoms with Gasteiger partial charge in [0.05, 0.1) is 0 Å². The Morgan fingerprint density at radius 2 is 1.71 bits per heavy atom. The lowest BCUT2D eigenvalue weighted by Gasteiger charge is -2.12. The van der Waals surface area contributed by atoms with Crippen LogP contribution in [0.2, 0.25) is 5.02 Å². The Bertz CT molecular complexity index is 757. The van der Waals surface area contributed by atoms with Gasteiger partial charge in [-0.05, 0) is 49.2 Å². The van der Waals surface area contributed by atoms with Crippen molar-refractivity contribution in [2.24, 2.45) is 0 Å². The molecule has 0 atom stereocenters. The standard InChI is InChI=1S/C18H17ClN2/c1-13-5-3-4-6-16(13)12-21-14(2)11-20-18(21)15-7-9-17(19)10-8-15/h3-11H,12H2,1-2H3. The summed E-state index contributed by atoms with van der Waals surface area (Å²) in [5.41, 5.74) is 4.85. The molecule has 1 aromatic heterocycles. The van der Waals surface area contributed by atoms with Crippen LogP contribution in [0.25, 0.3) is 11.4 Å². The van der Waals surface area contributed by atoms with Gasteiger partial charge in [0.2, 0.25) is 0 Å². The van der Waals surface area contributed by atoms with Gasteiger partial charge in [-0.2, -0.15) is 0 Å². The third kappa shape index (κ3) is 2.86. The molecule has 0 fully saturated rings. The molecular formula is C18H17ClN2. The zero-order chi connectivity index (χ0) is 14.8. The smallest absolute Gasteiger partial charge is 0.140 e. The molecule has 0 radical (unpaired) electrons. The van der Waals surface area contributed by atoms with Gasteiger partial charge in [-0.3, -0.25) is 0 Å². The number of halogens is 1. The summed E-state index contributed by atoms with van der Waals surface area (Å²) in [6.07, 6.45) is 1.92. The van der Waals surface area contributed by atoms with E-state index in [1.807, 2.05) is 30.5 Å². The summed E-state index contributed by atoms with van der Waals surface area (Å²) < 4.78 is 2.24. The number of nitrogens with zero attached hydrogens (tertiary/aromatic N) is 2. The molecule has 0 bridgehead atoms. The van der Waals surface area contributed by atoms with Crippen molar-refractivity contribution in [1.29, 1.82) is 0 Å². The van der Waals surface area contributed by atoms with Gasteiger partial charge in [-0.15, -0.1) is 0 Å². The topological polar surface area (TPSA) is 17.8 Å². The van der Waals surface area contributed by atoms with E-state index >= 15 is 0 Å². The van der Waals surface area contributed by atoms with Crippen LogP contribution in [0.3, 0.4) is 0 Å². The molecule has 0 amide bonds. The van der Waals surface area contributed by atoms with E-state index in [0.29, 0.717) is 0 Å². The highest BCUT2D eigenvalue weighted by atomic mass is 35.5. The average molecular weight is 297 g/mol. The quantitative estimate of drug-likeness (QED) is 0.674. The summed E-state index contributed by atoms with van der Waals surface area (Å²) >= 11 is 5.97. The zero-order valence-corrected chi connectivity index (χ0v) is 12.9. The van der Waals surface area contributed by atoms with Gasteiger partial charge in [0.1, 0.15) is 5.82 Å². The van der Waals surface area contributed by atoms with Gasteiger partial charge in [0.25, 0.3) is 0 Å². The number of hydrogen-bond acceptors (Lipinski definition) is 1. The lowest BCUT2D eigenvalue weighted by atomic mass is 10.1. The Balaban J connectivity index is 2.01. The molecule has 0 saturated carbocycles. The van der Waals surface area contributed by atoms with E-state index in [1.165, 1.54) is 11.1 Å². The van der Waals surface area contributed by atoms with Crippen molar-refractivity contribution in [2.75, 3.05) is 0 Å². The van der Waals surface area contributed by atoms with Crippen LogP contribution in [0.1, 0.15) is 16.8 Å². The van der Waals surface area contributed by atoms with E-state index in [9.17, 15) is 0 Å². The number of aromatic nitrogens is 2. The highest BCUT2D eigenvalue weighted by Gasteiger charge is 2.10. The van der Waals surface area contributed by atoms with Crippen molar-refractivity contribution >= 4 is 11.6 Å². The van der Waals surface area contributed by atoms with Crippen molar-refractivity contribution < 1.29 is 0 Å². The molecule has 0 unspecified atom stereocenters. The van der Waals surface area contributed by atoms with Crippen LogP contribution in [0.4, 0.5) is 0 Å². The first-order chi connectivity index (χ1) is 10.1. The fraction of sp³-hybridized carbons (Fsp3) is 0.167. The molecule has 0 saturated heterocycles. The molecule has 2 aromatic carbocycles. The molecule has 0 N–H and O–H groups in total. The molecule has 0 aliphatic rings. The van der Waals surface area contributed by atoms with Crippen LogP contribution < -0.4 is 0 Å². The Morgan fingerprint density at radius 3 is 2.43 bits per heavy atom. The summed E-state index contributed by atoms with van der Waals surface area (Å²) in [5, 5.41) is 0.743. The van der Waals surface area contributed by atoms with Crippen LogP contribution in [0.5, 0.6) is 0 Å². The largest absolute Gasteiger partial charge is 0.324 e. The maximum absolute atomic E-state index is 5.97. The van der Waals surface area contributed by atoms with Crippen LogP contribution in [0, 0.1) is 13.8 Å². The van der Waals surface area contributed by atoms with Gasteiger partial charge in [-0.1, -0.05) is 35.9 Å². The number of benzene rings is 2. The summed E-state index contributed by atoms with van der Waals surface area (Å²) in [5.74, 6) is 0.979. The van der Waals surface area contributed by atoms with Crippen molar-refractivity contribution in [2.45, 2.75) is 20.4 Å². The predicted octanol–water partition coefficient (Wildman–Crippen LogP) is 4.87. The molecule has 106 valence electrons. The van der Waals surface area contributed by atoms with Crippen LogP contribution >= 0.6 is 11.6 Å². The highest BCUT2D eigenvalue weighted by molar-refractivity contribution is 6.30. The zero-order valence-electron chi connectivity index (χ0n) is 12.2. The second kappa shape index (κ2) is 5.74. The van der Waals surface area contributed by atoms with Crippen molar-refractivity contribution in [3.05, 3.63) is 76.6 Å². The Labute approximate surface area is 130 Å². The Kier molecular flexibility index (Phi) is 3.80. The third-order valence-electron chi connectivity index (χ3n) is 3.75. The van der Waals surface area contributed by atoms with Gasteiger partial charge >= 0.3 is 0 Å². The third-order valence-corrected chi connectivity index (χ3v) is 4.00. The van der Waals surface area contributed by atoms with Crippen LogP contribution in [-0.4, -0.2) is 9.55 Å². The summed E-state index contributed by atoms with van der Waals surface area (Å²) in [7, 11) is 0. The van der Waals surface area contributed by atoms with Crippen molar-refractivity contribution in [3.8, 4) is 11.4 Å². The molecule has 21 heavy (non-hydrogen) atoms. The first kappa shape index (κ1) is 13.9. The van der Waals surface area contributed by atoms with Crippen molar-refractivity contribution in [1.82, 2.24) is 9.55 Å². The number of imidazole rings is 1. The molecule has 3 heteroatoms. The second-order valence-electron chi connectivity index (χ2n) is 5.24. The average Bonchev–Trinajstić information content (AvgIpc) is 2.84. The molecule has 0 aliphatic heterocycles. The maximum atomic E-state index is 5.97. The monoisotopic (exact) mass is 296 g/mol. The lowest BCUT2D eigenvalue weighted by Crippen LogP contribution is -2.05. The van der Waals surface area contributed by atoms with E-state index in [-0.39, 0.29) is 0 Å². The first-order valence-corrected chi connectivity index (χ1v) is 7.35. The first-order valence-electron chi connectivity index (χ1n) is 6.98. The van der Waals surface area contributed by atoms with E-state index in [2.05, 4.69) is 47.7 Å². The lowest BCUT2D eigenvalue weighted by molar-refractivity contribution is 0.775. The highest BCUT2D eigenvalue weighted by Crippen LogP contribution is 2.23. The van der Waals surface area contributed by atoms with Gasteiger partial charge in [-0.25, -0.2) is 4.98 Å². The van der Waals surface area contributed by atoms with Crippen LogP contribution in [0.15, 0.2) is 54.7 Å². The number of rotatable bonds is 3. The molecule has 3 rings (SSSR count). The Morgan fingerprint density at radius 1 is 1.00 bits per heavy atom. The van der Waals surface area contributed by atoms with Gasteiger partial charge in [0.15, 0.2) is 0 Å². The number of hydrogen-bond donors (Lipinski definition) is 0. The van der Waals surface area contributed by atoms with Crippen molar-refractivity contribution in [3.63, 3.8) is 0 Å². The fourth-order valence-electron chi connectivity index (χ4n) is 2.45. The minimum Gasteiger partial charge on any atom is -0.324 e. The summed E-state index contributed by atoms with van der Waals surface area (Å²) in [6.45, 7) is 5.06. The van der Waals surface area contributed by atoms with E-state index in [0.717, 1.165) is 28.6 Å². The van der Waals surface area contributed by atoms with Gasteiger partial charge < -0.3 is 4.57 Å². The fourth-order valence-corrected chi connectivity index (χ4v) is 2.57. The Hall–Kier alpha value is -2.06. The van der Waals surface area contributed by atoms with E-state index in [4.69, 9.17) is 11.6 Å². The minimum atomic E-state index is 0.743. The molecule has 2 nitrogen and oxygen atoms in total. The SMILES string of the molecule is Cc1ccccc1Cn1c(C)cnc1-c1ccc(Cl)cc1. The van der Waals surface area contributed by atoms with E-state index < -0.39 is 0 Å². The van der Waals surface area contributed by atoms with E-state index in [1.54, 1.807) is 0 Å². The molecule has 3 aromatic rings. The minimum absolute atomic E-state index is 0.743. The maximum Gasteiger partial charge on any atom is 0.140 e. The van der Waals surface area contributed by atoms with Gasteiger partial charge in [0, 0.05) is 29.0 Å². The molecule has 0 spiro atoms. The second-order valence-corrected chi connectivity index (χ2v) is 5.68.